The van der Waals surface area contributed by atoms with Gasteiger partial charge in [-0.15, -0.1) is 0 Å². The largest absolute Gasteiger partial charge is 0.465 e. The Morgan fingerprint density at radius 3 is 1.68 bits per heavy atom. The van der Waals surface area contributed by atoms with Crippen LogP contribution in [0.2, 0.25) is 0 Å². The van der Waals surface area contributed by atoms with Crippen molar-refractivity contribution in [2.24, 2.45) is 0 Å². The highest BCUT2D eigenvalue weighted by molar-refractivity contribution is 5.77. The molecule has 0 spiro atoms. The first kappa shape index (κ1) is 50.2. The van der Waals surface area contributed by atoms with Crippen LogP contribution in [-0.4, -0.2) is 87.3 Å². The van der Waals surface area contributed by atoms with Gasteiger partial charge < -0.3 is 33.7 Å². The molecule has 0 aromatic heterocycles. The number of hydrogen-bond donors (Lipinski definition) is 1. The minimum atomic E-state index is -0.363. The van der Waals surface area contributed by atoms with Crippen LogP contribution in [0.25, 0.3) is 0 Å². The molecule has 0 aliphatic rings. The standard InChI is InChI=1S/C48H79NO8/c1-4-6-8-10-13-23-37-53-40-46(41-54-38-24-14-11-9-7-5-2)57-47(51)28-20-17-22-34-49(35-36-50)33-21-12-15-25-39-55-48(52)42(3)43-29-31-45(32-30-43)56-44-26-18-16-19-27-44/h16,18-19,26-27,29-32,42,46,50H,4-15,17,20-25,28,33-41H2,1-3H3. The van der Waals surface area contributed by atoms with E-state index in [1.165, 1.54) is 64.2 Å². The lowest BCUT2D eigenvalue weighted by Gasteiger charge is -2.21. The van der Waals surface area contributed by atoms with E-state index in [4.69, 9.17) is 23.7 Å². The summed E-state index contributed by atoms with van der Waals surface area (Å²) in [6.45, 7) is 11.5. The number of ether oxygens (including phenoxy) is 5. The van der Waals surface area contributed by atoms with Crippen molar-refractivity contribution in [2.45, 2.75) is 161 Å². The van der Waals surface area contributed by atoms with E-state index in [0.29, 0.717) is 46.0 Å². The van der Waals surface area contributed by atoms with Crippen molar-refractivity contribution >= 4 is 11.9 Å². The number of carbonyl (C=O) groups is 2. The van der Waals surface area contributed by atoms with Crippen LogP contribution in [-0.2, 0) is 28.5 Å². The first-order valence-corrected chi connectivity index (χ1v) is 22.6. The number of rotatable bonds is 38. The van der Waals surface area contributed by atoms with Crippen LogP contribution in [0.15, 0.2) is 54.6 Å². The Labute approximate surface area is 346 Å². The molecule has 0 amide bonds. The van der Waals surface area contributed by atoms with Gasteiger partial charge in [-0.2, -0.15) is 0 Å². The normalized spacial score (nSPS) is 12.0. The van der Waals surface area contributed by atoms with Gasteiger partial charge in [-0.1, -0.05) is 128 Å². The molecule has 1 N–H and O–H groups in total. The van der Waals surface area contributed by atoms with Gasteiger partial charge in [-0.25, -0.2) is 0 Å². The van der Waals surface area contributed by atoms with E-state index in [-0.39, 0.29) is 30.6 Å². The number of unbranched alkanes of at least 4 members (excludes halogenated alkanes) is 15. The van der Waals surface area contributed by atoms with Gasteiger partial charge in [0.25, 0.3) is 0 Å². The van der Waals surface area contributed by atoms with E-state index in [0.717, 1.165) is 87.9 Å². The van der Waals surface area contributed by atoms with Crippen LogP contribution >= 0.6 is 0 Å². The SMILES string of the molecule is CCCCCCCCOCC(COCCCCCCCC)OC(=O)CCCCCN(CCO)CCCCCCOC(=O)C(C)c1ccc(Oc2ccccc2)cc1. The minimum Gasteiger partial charge on any atom is -0.465 e. The molecule has 2 rings (SSSR count). The van der Waals surface area contributed by atoms with Crippen molar-refractivity contribution in [3.63, 3.8) is 0 Å². The zero-order chi connectivity index (χ0) is 41.0. The fourth-order valence-corrected chi connectivity index (χ4v) is 6.69. The topological polar surface area (TPSA) is 104 Å². The van der Waals surface area contributed by atoms with Crippen molar-refractivity contribution in [3.05, 3.63) is 60.2 Å². The molecule has 0 radical (unpaired) electrons. The van der Waals surface area contributed by atoms with Gasteiger partial charge in [0.2, 0.25) is 0 Å². The second-order valence-corrected chi connectivity index (χ2v) is 15.5. The molecule has 0 saturated carbocycles. The maximum atomic E-state index is 12.8. The maximum absolute atomic E-state index is 12.8. The number of nitrogens with zero attached hydrogens (tertiary/aromatic N) is 1. The molecule has 0 aliphatic heterocycles. The molecule has 2 aromatic carbocycles. The van der Waals surface area contributed by atoms with Crippen LogP contribution < -0.4 is 4.74 Å². The number of esters is 2. The monoisotopic (exact) mass is 798 g/mol. The molecule has 2 aromatic rings. The van der Waals surface area contributed by atoms with E-state index in [9.17, 15) is 14.7 Å². The maximum Gasteiger partial charge on any atom is 0.313 e. The number of benzene rings is 2. The Morgan fingerprint density at radius 2 is 1.11 bits per heavy atom. The number of aliphatic hydroxyl groups is 1. The lowest BCUT2D eigenvalue weighted by molar-refractivity contribution is -0.156. The molecule has 57 heavy (non-hydrogen) atoms. The van der Waals surface area contributed by atoms with Crippen LogP contribution in [0.1, 0.15) is 161 Å². The van der Waals surface area contributed by atoms with E-state index in [1.807, 2.05) is 61.5 Å². The van der Waals surface area contributed by atoms with Crippen molar-refractivity contribution in [3.8, 4) is 11.5 Å². The second-order valence-electron chi connectivity index (χ2n) is 15.5. The lowest BCUT2D eigenvalue weighted by atomic mass is 10.0. The Bertz CT molecular complexity index is 1210. The molecule has 324 valence electrons. The summed E-state index contributed by atoms with van der Waals surface area (Å²) in [4.78, 5) is 27.7. The summed E-state index contributed by atoms with van der Waals surface area (Å²) in [7, 11) is 0. The van der Waals surface area contributed by atoms with Crippen molar-refractivity contribution in [2.75, 3.05) is 59.3 Å². The van der Waals surface area contributed by atoms with Gasteiger partial charge in [-0.3, -0.25) is 9.59 Å². The molecule has 0 aliphatic carbocycles. The van der Waals surface area contributed by atoms with Crippen LogP contribution in [0.5, 0.6) is 11.5 Å². The summed E-state index contributed by atoms with van der Waals surface area (Å²) in [6, 6.07) is 17.2. The Hall–Kier alpha value is -2.98. The molecule has 9 heteroatoms. The summed E-state index contributed by atoms with van der Waals surface area (Å²) in [6.07, 6.45) is 21.2. The summed E-state index contributed by atoms with van der Waals surface area (Å²) in [5.74, 6) is 0.763. The number of para-hydroxylation sites is 1. The number of aliphatic hydroxyl groups excluding tert-OH is 1. The zero-order valence-corrected chi connectivity index (χ0v) is 36.1. The third-order valence-electron chi connectivity index (χ3n) is 10.3. The molecule has 0 heterocycles. The van der Waals surface area contributed by atoms with Gasteiger partial charge in [-0.05, 0) is 88.4 Å². The quantitative estimate of drug-likeness (QED) is 0.0525. The highest BCUT2D eigenvalue weighted by atomic mass is 16.6. The first-order valence-electron chi connectivity index (χ1n) is 22.6. The predicted octanol–water partition coefficient (Wildman–Crippen LogP) is 11.2. The number of carbonyl (C=O) groups excluding carboxylic acids is 2. The molecule has 0 saturated heterocycles. The van der Waals surface area contributed by atoms with Crippen LogP contribution in [0.4, 0.5) is 0 Å². The fraction of sp³-hybridized carbons (Fsp3) is 0.708. The van der Waals surface area contributed by atoms with Crippen LogP contribution in [0, 0.1) is 0 Å². The smallest absolute Gasteiger partial charge is 0.313 e. The van der Waals surface area contributed by atoms with Gasteiger partial charge in [0.1, 0.15) is 17.6 Å². The van der Waals surface area contributed by atoms with Crippen LogP contribution in [0.3, 0.4) is 0 Å². The van der Waals surface area contributed by atoms with E-state index >= 15 is 0 Å². The Kier molecular flexibility index (Phi) is 30.8. The molecule has 1 unspecified atom stereocenters. The van der Waals surface area contributed by atoms with Gasteiger partial charge in [0, 0.05) is 26.2 Å². The molecule has 0 bridgehead atoms. The highest BCUT2D eigenvalue weighted by Crippen LogP contribution is 2.25. The summed E-state index contributed by atoms with van der Waals surface area (Å²) >= 11 is 0. The molecule has 9 nitrogen and oxygen atoms in total. The molecule has 1 atom stereocenters. The van der Waals surface area contributed by atoms with E-state index in [1.54, 1.807) is 0 Å². The summed E-state index contributed by atoms with van der Waals surface area (Å²) in [5.41, 5.74) is 0.900. The molecular formula is C48H79NO8. The van der Waals surface area contributed by atoms with Crippen molar-refractivity contribution in [1.29, 1.82) is 0 Å². The Balaban J connectivity index is 1.57. The third-order valence-corrected chi connectivity index (χ3v) is 10.3. The minimum absolute atomic E-state index is 0.131. The molecular weight excluding hydrogens is 719 g/mol. The first-order chi connectivity index (χ1) is 28.0. The molecule has 0 fully saturated rings. The second kappa shape index (κ2) is 35.0. The van der Waals surface area contributed by atoms with Gasteiger partial charge >= 0.3 is 11.9 Å². The Morgan fingerprint density at radius 1 is 0.596 bits per heavy atom. The fourth-order valence-electron chi connectivity index (χ4n) is 6.69. The average molecular weight is 798 g/mol. The lowest BCUT2D eigenvalue weighted by Crippen LogP contribution is -2.29. The van der Waals surface area contributed by atoms with Crippen molar-refractivity contribution in [1.82, 2.24) is 4.90 Å². The zero-order valence-electron chi connectivity index (χ0n) is 36.1. The van der Waals surface area contributed by atoms with Gasteiger partial charge in [0.05, 0.1) is 32.3 Å². The highest BCUT2D eigenvalue weighted by Gasteiger charge is 2.18. The van der Waals surface area contributed by atoms with Crippen molar-refractivity contribution < 1.29 is 38.4 Å². The average Bonchev–Trinajstić information content (AvgIpc) is 3.22. The van der Waals surface area contributed by atoms with Gasteiger partial charge in [0.15, 0.2) is 0 Å². The predicted molar refractivity (Wildman–Crippen MR) is 231 cm³/mol. The summed E-state index contributed by atoms with van der Waals surface area (Å²) in [5, 5.41) is 9.61. The number of hydrogen-bond acceptors (Lipinski definition) is 9. The third kappa shape index (κ3) is 26.6. The summed E-state index contributed by atoms with van der Waals surface area (Å²) < 4.78 is 29.1. The van der Waals surface area contributed by atoms with E-state index < -0.39 is 0 Å². The van der Waals surface area contributed by atoms with E-state index in [2.05, 4.69) is 18.7 Å².